The minimum absolute atomic E-state index is 0.0310. The smallest absolute Gasteiger partial charge is 0.306 e. The fourth-order valence-electron chi connectivity index (χ4n) is 1.52. The minimum Gasteiger partial charge on any atom is -0.491 e. The van der Waals surface area contributed by atoms with Crippen molar-refractivity contribution in [2.24, 2.45) is 0 Å². The van der Waals surface area contributed by atoms with Gasteiger partial charge in [-0.2, -0.15) is 0 Å². The lowest BCUT2D eigenvalue weighted by atomic mass is 10.3. The van der Waals surface area contributed by atoms with Gasteiger partial charge in [0.2, 0.25) is 0 Å². The molecule has 6 nitrogen and oxygen atoms in total. The molecule has 0 atom stereocenters. The van der Waals surface area contributed by atoms with E-state index in [0.717, 1.165) is 0 Å². The van der Waals surface area contributed by atoms with Gasteiger partial charge in [0, 0.05) is 0 Å². The van der Waals surface area contributed by atoms with Gasteiger partial charge in [0.05, 0.1) is 37.3 Å². The minimum atomic E-state index is -3.26. The van der Waals surface area contributed by atoms with Gasteiger partial charge >= 0.3 is 5.97 Å². The van der Waals surface area contributed by atoms with Crippen LogP contribution in [0.2, 0.25) is 0 Å². The zero-order chi connectivity index (χ0) is 15.0. The fraction of sp³-hybridized carbons (Fsp3) is 0.462. The van der Waals surface area contributed by atoms with Crippen LogP contribution in [0.1, 0.15) is 12.8 Å². The molecule has 1 aromatic carbocycles. The number of carbonyl (C=O) groups excluding carboxylic acids is 1. The van der Waals surface area contributed by atoms with E-state index in [1.807, 2.05) is 0 Å². The molecule has 0 radical (unpaired) electrons. The van der Waals surface area contributed by atoms with Crippen molar-refractivity contribution in [3.8, 4) is 5.75 Å². The molecule has 0 bridgehead atoms. The Morgan fingerprint density at radius 2 is 1.95 bits per heavy atom. The van der Waals surface area contributed by atoms with Crippen molar-refractivity contribution in [1.29, 1.82) is 0 Å². The Bertz CT molecular complexity index is 541. The topological polar surface area (TPSA) is 95.7 Å². The molecular weight excluding hydrogens is 282 g/mol. The highest BCUT2D eigenvalue weighted by atomic mass is 32.2. The molecule has 0 saturated carbocycles. The number of anilines is 1. The molecule has 0 amide bonds. The Morgan fingerprint density at radius 1 is 1.25 bits per heavy atom. The van der Waals surface area contributed by atoms with Crippen molar-refractivity contribution in [2.45, 2.75) is 12.8 Å². The third kappa shape index (κ3) is 5.92. The number of para-hydroxylation sites is 2. The molecule has 2 N–H and O–H groups in total. The summed E-state index contributed by atoms with van der Waals surface area (Å²) in [5.74, 6) is -0.217. The molecule has 0 aromatic heterocycles. The van der Waals surface area contributed by atoms with Crippen LogP contribution in [0.15, 0.2) is 24.3 Å². The molecule has 20 heavy (non-hydrogen) atoms. The average molecular weight is 301 g/mol. The lowest BCUT2D eigenvalue weighted by molar-refractivity contribution is -0.140. The van der Waals surface area contributed by atoms with Crippen molar-refractivity contribution in [3.63, 3.8) is 0 Å². The van der Waals surface area contributed by atoms with Crippen LogP contribution in [0.5, 0.6) is 5.75 Å². The Kier molecular flexibility index (Phi) is 6.30. The molecule has 1 aromatic rings. The summed E-state index contributed by atoms with van der Waals surface area (Å²) in [6.45, 7) is 0.256. The summed E-state index contributed by atoms with van der Waals surface area (Å²) in [5, 5.41) is 0. The monoisotopic (exact) mass is 301 g/mol. The van der Waals surface area contributed by atoms with E-state index in [-0.39, 0.29) is 24.5 Å². The molecule has 7 heteroatoms. The van der Waals surface area contributed by atoms with Crippen LogP contribution < -0.4 is 10.5 Å². The van der Waals surface area contributed by atoms with Gasteiger partial charge < -0.3 is 15.2 Å². The zero-order valence-electron chi connectivity index (χ0n) is 11.4. The Morgan fingerprint density at radius 3 is 2.60 bits per heavy atom. The number of sulfone groups is 1. The number of benzene rings is 1. The van der Waals surface area contributed by atoms with Gasteiger partial charge in [-0.3, -0.25) is 4.79 Å². The van der Waals surface area contributed by atoms with Crippen LogP contribution in [0, 0.1) is 0 Å². The second-order valence-corrected chi connectivity index (χ2v) is 6.52. The number of rotatable bonds is 8. The number of methoxy groups -OCH3 is 1. The Labute approximate surface area is 118 Å². The van der Waals surface area contributed by atoms with Gasteiger partial charge in [-0.1, -0.05) is 12.1 Å². The van der Waals surface area contributed by atoms with E-state index in [4.69, 9.17) is 10.5 Å². The van der Waals surface area contributed by atoms with Crippen LogP contribution in [-0.2, 0) is 19.4 Å². The molecule has 0 unspecified atom stereocenters. The van der Waals surface area contributed by atoms with Crippen molar-refractivity contribution < 1.29 is 22.7 Å². The number of ether oxygens (including phenoxy) is 2. The van der Waals surface area contributed by atoms with Crippen molar-refractivity contribution >= 4 is 21.5 Å². The summed E-state index contributed by atoms with van der Waals surface area (Å²) in [7, 11) is -2.03. The van der Waals surface area contributed by atoms with Gasteiger partial charge in [0.25, 0.3) is 0 Å². The van der Waals surface area contributed by atoms with E-state index in [2.05, 4.69) is 4.74 Å². The molecule has 0 spiro atoms. The number of carbonyl (C=O) groups is 1. The highest BCUT2D eigenvalue weighted by Crippen LogP contribution is 2.19. The highest BCUT2D eigenvalue weighted by molar-refractivity contribution is 7.91. The maximum Gasteiger partial charge on any atom is 0.306 e. The second kappa shape index (κ2) is 7.74. The summed E-state index contributed by atoms with van der Waals surface area (Å²) in [6.07, 6.45) is 0.225. The van der Waals surface area contributed by atoms with Gasteiger partial charge in [0.1, 0.15) is 5.75 Å². The zero-order valence-corrected chi connectivity index (χ0v) is 12.2. The third-order valence-corrected chi connectivity index (χ3v) is 4.36. The summed E-state index contributed by atoms with van der Waals surface area (Å²) in [4.78, 5) is 10.9. The lowest BCUT2D eigenvalue weighted by Gasteiger charge is -2.08. The van der Waals surface area contributed by atoms with Crippen LogP contribution in [-0.4, -0.2) is 39.6 Å². The Hall–Kier alpha value is -1.76. The molecule has 0 aliphatic rings. The summed E-state index contributed by atoms with van der Waals surface area (Å²) >= 11 is 0. The number of hydrogen-bond donors (Lipinski definition) is 1. The van der Waals surface area contributed by atoms with Crippen LogP contribution in [0.25, 0.3) is 0 Å². The third-order valence-electron chi connectivity index (χ3n) is 2.62. The predicted molar refractivity (Wildman–Crippen MR) is 76.3 cm³/mol. The number of esters is 1. The number of nitrogens with two attached hydrogens (primary N) is 1. The number of nitrogen functional groups attached to an aromatic ring is 1. The standard InChI is InChI=1S/C13H19NO5S/c1-18-13(15)7-10-20(16,17)9-4-8-19-12-6-3-2-5-11(12)14/h2-3,5-6H,4,7-10,14H2,1H3. The average Bonchev–Trinajstić information content (AvgIpc) is 2.43. The second-order valence-electron chi connectivity index (χ2n) is 4.22. The molecule has 112 valence electrons. The molecule has 0 heterocycles. The Balaban J connectivity index is 2.30. The summed E-state index contributed by atoms with van der Waals surface area (Å²) < 4.78 is 33.1. The van der Waals surface area contributed by atoms with E-state index in [1.165, 1.54) is 7.11 Å². The fourth-order valence-corrected chi connectivity index (χ4v) is 2.76. The summed E-state index contributed by atoms with van der Waals surface area (Å²) in [5.41, 5.74) is 6.21. The van der Waals surface area contributed by atoms with Crippen LogP contribution in [0.3, 0.4) is 0 Å². The van der Waals surface area contributed by atoms with E-state index >= 15 is 0 Å². The first-order valence-electron chi connectivity index (χ1n) is 6.19. The van der Waals surface area contributed by atoms with Crippen molar-refractivity contribution in [2.75, 3.05) is 31.0 Å². The van der Waals surface area contributed by atoms with Gasteiger partial charge in [-0.25, -0.2) is 8.42 Å². The maximum absolute atomic E-state index is 11.6. The highest BCUT2D eigenvalue weighted by Gasteiger charge is 2.13. The molecule has 0 saturated heterocycles. The number of hydrogen-bond acceptors (Lipinski definition) is 6. The predicted octanol–water partition coefficient (Wildman–Crippen LogP) is 1.02. The first-order valence-corrected chi connectivity index (χ1v) is 8.01. The first-order chi connectivity index (χ1) is 9.44. The lowest BCUT2D eigenvalue weighted by Crippen LogP contribution is -2.17. The van der Waals surface area contributed by atoms with E-state index in [9.17, 15) is 13.2 Å². The van der Waals surface area contributed by atoms with Crippen LogP contribution >= 0.6 is 0 Å². The maximum atomic E-state index is 11.6. The van der Waals surface area contributed by atoms with Gasteiger partial charge in [-0.05, 0) is 18.6 Å². The first kappa shape index (κ1) is 16.3. The summed E-state index contributed by atoms with van der Waals surface area (Å²) in [6, 6.07) is 7.02. The molecule has 0 aliphatic carbocycles. The van der Waals surface area contributed by atoms with E-state index in [0.29, 0.717) is 17.9 Å². The van der Waals surface area contributed by atoms with Gasteiger partial charge in [-0.15, -0.1) is 0 Å². The molecule has 0 fully saturated rings. The van der Waals surface area contributed by atoms with Gasteiger partial charge in [0.15, 0.2) is 9.84 Å². The molecular formula is C13H19NO5S. The molecule has 0 aliphatic heterocycles. The van der Waals surface area contributed by atoms with Crippen LogP contribution in [0.4, 0.5) is 5.69 Å². The molecule has 1 rings (SSSR count). The largest absolute Gasteiger partial charge is 0.491 e. The van der Waals surface area contributed by atoms with Crippen molar-refractivity contribution in [1.82, 2.24) is 0 Å². The van der Waals surface area contributed by atoms with Crippen molar-refractivity contribution in [3.05, 3.63) is 24.3 Å². The SMILES string of the molecule is COC(=O)CCS(=O)(=O)CCCOc1ccccc1N. The van der Waals surface area contributed by atoms with E-state index < -0.39 is 15.8 Å². The van der Waals surface area contributed by atoms with E-state index in [1.54, 1.807) is 24.3 Å². The normalized spacial score (nSPS) is 11.1. The quantitative estimate of drug-likeness (QED) is 0.437.